The number of hydrogen-bond donors (Lipinski definition) is 2. The molecule has 0 aromatic carbocycles. The van der Waals surface area contributed by atoms with E-state index < -0.39 is 55.6 Å². The molecule has 1 heterocycles. The van der Waals surface area contributed by atoms with Gasteiger partial charge in [0.1, 0.15) is 6.23 Å². The third-order valence-corrected chi connectivity index (χ3v) is 3.78. The number of alkyl halides is 6. The number of rotatable bonds is 3. The molecule has 0 aliphatic carbocycles. The van der Waals surface area contributed by atoms with E-state index >= 15 is 0 Å². The molecule has 0 bridgehead atoms. The van der Waals surface area contributed by atoms with Crippen LogP contribution in [0.3, 0.4) is 0 Å². The van der Waals surface area contributed by atoms with Gasteiger partial charge in [-0.15, -0.1) is 0 Å². The molecule has 1 saturated heterocycles. The minimum absolute atomic E-state index is 0.0522. The van der Waals surface area contributed by atoms with Crippen molar-refractivity contribution in [3.63, 3.8) is 0 Å². The minimum atomic E-state index is -5.45. The largest absolute Gasteiger partial charge is 0.438 e. The second kappa shape index (κ2) is 6.32. The van der Waals surface area contributed by atoms with Crippen molar-refractivity contribution in [1.29, 1.82) is 0 Å². The van der Waals surface area contributed by atoms with Gasteiger partial charge in [0, 0.05) is 13.5 Å². The second-order valence-corrected chi connectivity index (χ2v) is 5.39. The summed E-state index contributed by atoms with van der Waals surface area (Å²) in [4.78, 5) is 11.1. The first-order valence-electron chi connectivity index (χ1n) is 6.87. The summed E-state index contributed by atoms with van der Waals surface area (Å²) in [7, 11) is 0. The molecule has 1 rings (SSSR count). The summed E-state index contributed by atoms with van der Waals surface area (Å²) >= 11 is 0. The zero-order chi connectivity index (χ0) is 19.1. The van der Waals surface area contributed by atoms with Crippen LogP contribution < -0.4 is 0 Å². The highest BCUT2D eigenvalue weighted by atomic mass is 19.4. The number of hydrogen-bond acceptors (Lipinski definition) is 5. The fraction of sp³-hybridized carbons (Fsp3) is 0.917. The van der Waals surface area contributed by atoms with E-state index in [1.165, 1.54) is 6.92 Å². The molecule has 3 atom stereocenters. The van der Waals surface area contributed by atoms with Crippen LogP contribution in [-0.4, -0.2) is 75.6 Å². The Kier molecular flexibility index (Phi) is 5.51. The van der Waals surface area contributed by atoms with E-state index in [4.69, 9.17) is 0 Å². The van der Waals surface area contributed by atoms with Crippen molar-refractivity contribution in [1.82, 2.24) is 9.80 Å². The fourth-order valence-corrected chi connectivity index (χ4v) is 2.64. The van der Waals surface area contributed by atoms with Crippen LogP contribution in [0.1, 0.15) is 20.8 Å². The van der Waals surface area contributed by atoms with Crippen LogP contribution in [0.25, 0.3) is 0 Å². The van der Waals surface area contributed by atoms with Gasteiger partial charge < -0.3 is 19.8 Å². The Balaban J connectivity index is 3.57. The van der Waals surface area contributed by atoms with Crippen molar-refractivity contribution in [2.24, 2.45) is 0 Å². The monoisotopic (exact) mass is 368 g/mol. The summed E-state index contributed by atoms with van der Waals surface area (Å²) in [5.74, 6) is -1.42. The van der Waals surface area contributed by atoms with Gasteiger partial charge in [0.15, 0.2) is 0 Å². The van der Waals surface area contributed by atoms with Gasteiger partial charge in [0.2, 0.25) is 11.6 Å². The quantitative estimate of drug-likeness (QED) is 0.729. The smallest absolute Gasteiger partial charge is 0.379 e. The maximum atomic E-state index is 13.6. The maximum Gasteiger partial charge on any atom is 0.438 e. The molecule has 6 nitrogen and oxygen atoms in total. The highest BCUT2D eigenvalue weighted by Gasteiger charge is 2.72. The average molecular weight is 368 g/mol. The lowest BCUT2D eigenvalue weighted by molar-refractivity contribution is -0.410. The van der Waals surface area contributed by atoms with E-state index in [-0.39, 0.29) is 9.80 Å². The number of piperazine rings is 1. The molecule has 0 aromatic rings. The summed E-state index contributed by atoms with van der Waals surface area (Å²) < 4.78 is 85.2. The lowest BCUT2D eigenvalue weighted by Gasteiger charge is -2.56. The number of carbonyl (C=O) groups excluding carboxylic acids is 1. The molecule has 24 heavy (non-hydrogen) atoms. The van der Waals surface area contributed by atoms with Gasteiger partial charge in [-0.05, 0) is 13.8 Å². The Hall–Kier alpha value is -1.11. The molecule has 0 saturated carbocycles. The number of carbonyl (C=O) groups is 1. The first-order chi connectivity index (χ1) is 10.6. The van der Waals surface area contributed by atoms with E-state index in [2.05, 4.69) is 4.74 Å². The van der Waals surface area contributed by atoms with Gasteiger partial charge >= 0.3 is 12.4 Å². The lowest BCUT2D eigenvalue weighted by Crippen LogP contribution is -2.81. The standard InChI is InChI=1S/C12H18F6N2O4/c1-4-24-10(12(16,17)18)6-19(7(2)21)9(23,11(13,14)15)5-20(10)8(3)22/h8,22-23H,4-6H2,1-3H3. The first kappa shape index (κ1) is 20.9. The molecule has 0 spiro atoms. The highest BCUT2D eigenvalue weighted by molar-refractivity contribution is 5.74. The van der Waals surface area contributed by atoms with Crippen molar-refractivity contribution in [2.45, 2.75) is 50.8 Å². The molecule has 1 aliphatic rings. The van der Waals surface area contributed by atoms with Crippen LogP contribution in [0.15, 0.2) is 0 Å². The van der Waals surface area contributed by atoms with E-state index in [1.807, 2.05) is 0 Å². The third-order valence-electron chi connectivity index (χ3n) is 3.78. The number of amides is 1. The lowest BCUT2D eigenvalue weighted by atomic mass is 9.98. The summed E-state index contributed by atoms with van der Waals surface area (Å²) in [5.41, 5.74) is -7.29. The van der Waals surface area contributed by atoms with Crippen LogP contribution in [0.2, 0.25) is 0 Å². The Morgan fingerprint density at radius 1 is 1.21 bits per heavy atom. The normalized spacial score (nSPS) is 31.2. The number of β-amino-alcohol motifs (C(OH)–C–C–N with tert-alkyl or cyclic N) is 1. The molecular formula is C12H18F6N2O4. The van der Waals surface area contributed by atoms with Gasteiger partial charge in [-0.1, -0.05) is 0 Å². The van der Waals surface area contributed by atoms with Crippen molar-refractivity contribution < 1.29 is 46.1 Å². The molecule has 2 N–H and O–H groups in total. The Bertz CT molecular complexity index is 483. The number of aliphatic hydroxyl groups is 2. The molecule has 0 radical (unpaired) electrons. The number of halogens is 6. The molecule has 0 aromatic heterocycles. The summed E-state index contributed by atoms with van der Waals surface area (Å²) in [6.07, 6.45) is -12.7. The summed E-state index contributed by atoms with van der Waals surface area (Å²) in [5, 5.41) is 19.5. The molecular weight excluding hydrogens is 350 g/mol. The van der Waals surface area contributed by atoms with Crippen LogP contribution in [0.5, 0.6) is 0 Å². The Morgan fingerprint density at radius 2 is 1.71 bits per heavy atom. The first-order valence-corrected chi connectivity index (χ1v) is 6.87. The minimum Gasteiger partial charge on any atom is -0.379 e. The van der Waals surface area contributed by atoms with Gasteiger partial charge in [-0.25, -0.2) is 4.90 Å². The predicted molar refractivity (Wildman–Crippen MR) is 67.2 cm³/mol. The fourth-order valence-electron chi connectivity index (χ4n) is 2.64. The van der Waals surface area contributed by atoms with E-state index in [0.29, 0.717) is 6.92 Å². The Labute approximate surface area is 133 Å². The van der Waals surface area contributed by atoms with Crippen LogP contribution in [0, 0.1) is 0 Å². The Morgan fingerprint density at radius 3 is 2.00 bits per heavy atom. The number of nitrogens with zero attached hydrogens (tertiary/aromatic N) is 2. The zero-order valence-corrected chi connectivity index (χ0v) is 13.1. The molecule has 142 valence electrons. The zero-order valence-electron chi connectivity index (χ0n) is 13.1. The van der Waals surface area contributed by atoms with Crippen molar-refractivity contribution >= 4 is 5.91 Å². The molecule has 1 amide bonds. The SMILES string of the molecule is CCOC1(C(F)(F)F)CN(C(C)=O)C(O)(C(F)(F)F)CN1C(C)O. The van der Waals surface area contributed by atoms with Crippen LogP contribution in [-0.2, 0) is 9.53 Å². The molecule has 3 unspecified atom stereocenters. The van der Waals surface area contributed by atoms with Crippen molar-refractivity contribution in [2.75, 3.05) is 19.7 Å². The van der Waals surface area contributed by atoms with Gasteiger partial charge in [0.25, 0.3) is 5.72 Å². The second-order valence-electron chi connectivity index (χ2n) is 5.39. The maximum absolute atomic E-state index is 13.6. The number of ether oxygens (including phenoxy) is 1. The van der Waals surface area contributed by atoms with E-state index in [0.717, 1.165) is 6.92 Å². The molecule has 1 aliphatic heterocycles. The topological polar surface area (TPSA) is 73.2 Å². The summed E-state index contributed by atoms with van der Waals surface area (Å²) in [6.45, 7) is -1.36. The molecule has 1 fully saturated rings. The third kappa shape index (κ3) is 3.19. The molecule has 12 heteroatoms. The van der Waals surface area contributed by atoms with Crippen molar-refractivity contribution in [3.05, 3.63) is 0 Å². The van der Waals surface area contributed by atoms with E-state index in [1.54, 1.807) is 0 Å². The average Bonchev–Trinajstić information content (AvgIpc) is 2.37. The van der Waals surface area contributed by atoms with Gasteiger partial charge in [0.05, 0.1) is 13.1 Å². The predicted octanol–water partition coefficient (Wildman–Crippen LogP) is 1.03. The van der Waals surface area contributed by atoms with Crippen LogP contribution in [0.4, 0.5) is 26.3 Å². The highest BCUT2D eigenvalue weighted by Crippen LogP contribution is 2.47. The van der Waals surface area contributed by atoms with Gasteiger partial charge in [-0.3, -0.25) is 4.79 Å². The van der Waals surface area contributed by atoms with Gasteiger partial charge in [-0.2, -0.15) is 26.3 Å². The summed E-state index contributed by atoms with van der Waals surface area (Å²) in [6, 6.07) is 0. The van der Waals surface area contributed by atoms with Crippen LogP contribution >= 0.6 is 0 Å². The van der Waals surface area contributed by atoms with Crippen molar-refractivity contribution in [3.8, 4) is 0 Å². The number of aliphatic hydroxyl groups excluding tert-OH is 1. The van der Waals surface area contributed by atoms with E-state index in [9.17, 15) is 41.4 Å².